The lowest BCUT2D eigenvalue weighted by Gasteiger charge is -2.13. The highest BCUT2D eigenvalue weighted by Crippen LogP contribution is 2.37. The predicted octanol–water partition coefficient (Wildman–Crippen LogP) is 7.75. The average Bonchev–Trinajstić information content (AvgIpc) is 3.17. The van der Waals surface area contributed by atoms with Gasteiger partial charge in [0.2, 0.25) is 0 Å². The molecule has 0 saturated carbocycles. The lowest BCUT2D eigenvalue weighted by Crippen LogP contribution is -1.97. The highest BCUT2D eigenvalue weighted by Gasteiger charge is 2.17. The minimum absolute atomic E-state index is 0.329. The second kappa shape index (κ2) is 7.95. The van der Waals surface area contributed by atoms with E-state index in [1.165, 1.54) is 11.6 Å². The van der Waals surface area contributed by atoms with Gasteiger partial charge in [0.25, 0.3) is 0 Å². The van der Waals surface area contributed by atoms with Crippen LogP contribution < -0.4 is 0 Å². The van der Waals surface area contributed by atoms with Crippen molar-refractivity contribution in [2.24, 2.45) is 0 Å². The topological polar surface area (TPSA) is 38.9 Å². The van der Waals surface area contributed by atoms with Crippen LogP contribution in [0, 0.1) is 5.82 Å². The summed E-state index contributed by atoms with van der Waals surface area (Å²) in [5, 5.41) is 0.827. The van der Waals surface area contributed by atoms with Crippen molar-refractivity contribution < 1.29 is 8.81 Å². The van der Waals surface area contributed by atoms with E-state index in [-0.39, 0.29) is 5.82 Å². The van der Waals surface area contributed by atoms with E-state index in [9.17, 15) is 4.39 Å². The number of rotatable bonds is 5. The van der Waals surface area contributed by atoms with Crippen molar-refractivity contribution in [3.05, 3.63) is 84.4 Å². The molecular formula is C27H23FN2O. The van der Waals surface area contributed by atoms with Gasteiger partial charge in [0.15, 0.2) is 5.58 Å². The molecule has 0 N–H and O–H groups in total. The second-order valence-electron chi connectivity index (χ2n) is 7.85. The van der Waals surface area contributed by atoms with Crippen LogP contribution in [0.3, 0.4) is 0 Å². The van der Waals surface area contributed by atoms with Gasteiger partial charge in [-0.2, -0.15) is 0 Å². The van der Waals surface area contributed by atoms with Crippen molar-refractivity contribution in [2.45, 2.75) is 32.6 Å². The lowest BCUT2D eigenvalue weighted by molar-refractivity contribution is 0.618. The molecular weight excluding hydrogens is 387 g/mol. The third-order valence-corrected chi connectivity index (χ3v) is 6.00. The summed E-state index contributed by atoms with van der Waals surface area (Å²) in [5.41, 5.74) is 6.61. The first-order chi connectivity index (χ1) is 15.2. The highest BCUT2D eigenvalue weighted by molar-refractivity contribution is 6.11. The molecule has 3 aromatic heterocycles. The summed E-state index contributed by atoms with van der Waals surface area (Å²) in [6, 6.07) is 18.9. The molecule has 2 aromatic carbocycles. The number of halogens is 1. The maximum atomic E-state index is 14.4. The molecule has 0 amide bonds. The van der Waals surface area contributed by atoms with Gasteiger partial charge < -0.3 is 4.42 Å². The van der Waals surface area contributed by atoms with Gasteiger partial charge in [-0.25, -0.2) is 4.39 Å². The van der Waals surface area contributed by atoms with Crippen LogP contribution in [0.25, 0.3) is 44.5 Å². The average molecular weight is 410 g/mol. The van der Waals surface area contributed by atoms with Gasteiger partial charge in [0.05, 0.1) is 11.1 Å². The predicted molar refractivity (Wildman–Crippen MR) is 123 cm³/mol. The first-order valence-corrected chi connectivity index (χ1v) is 10.7. The molecule has 0 radical (unpaired) electrons. The van der Waals surface area contributed by atoms with Crippen LogP contribution in [-0.4, -0.2) is 9.97 Å². The molecule has 4 heteroatoms. The fourth-order valence-electron chi connectivity index (χ4n) is 4.34. The molecule has 0 spiro atoms. The number of furan rings is 1. The molecule has 3 heterocycles. The Morgan fingerprint density at radius 1 is 0.871 bits per heavy atom. The molecule has 0 aliphatic carbocycles. The molecule has 154 valence electrons. The number of hydrogen-bond acceptors (Lipinski definition) is 3. The van der Waals surface area contributed by atoms with Crippen molar-refractivity contribution in [1.29, 1.82) is 0 Å². The number of hydrogen-bond donors (Lipinski definition) is 0. The summed E-state index contributed by atoms with van der Waals surface area (Å²) in [4.78, 5) is 9.28. The summed E-state index contributed by atoms with van der Waals surface area (Å²) in [7, 11) is 0. The van der Waals surface area contributed by atoms with Crippen LogP contribution in [0.1, 0.15) is 38.2 Å². The van der Waals surface area contributed by atoms with Crippen LogP contribution >= 0.6 is 0 Å². The van der Waals surface area contributed by atoms with E-state index in [4.69, 9.17) is 9.40 Å². The minimum Gasteiger partial charge on any atom is -0.454 e. The van der Waals surface area contributed by atoms with Crippen LogP contribution in [-0.2, 0) is 0 Å². The Kier molecular flexibility index (Phi) is 4.99. The molecule has 31 heavy (non-hydrogen) atoms. The minimum atomic E-state index is -0.329. The van der Waals surface area contributed by atoms with Gasteiger partial charge in [0.1, 0.15) is 16.9 Å². The van der Waals surface area contributed by atoms with E-state index in [0.717, 1.165) is 46.1 Å². The zero-order valence-electron chi connectivity index (χ0n) is 17.6. The Morgan fingerprint density at radius 2 is 1.68 bits per heavy atom. The highest BCUT2D eigenvalue weighted by atomic mass is 19.1. The van der Waals surface area contributed by atoms with Crippen LogP contribution in [0.15, 0.2) is 77.5 Å². The third-order valence-electron chi connectivity index (χ3n) is 6.00. The van der Waals surface area contributed by atoms with Crippen molar-refractivity contribution >= 4 is 22.1 Å². The molecule has 0 bridgehead atoms. The maximum absolute atomic E-state index is 14.4. The normalized spacial score (nSPS) is 11.6. The van der Waals surface area contributed by atoms with Crippen LogP contribution in [0.5, 0.6) is 0 Å². The van der Waals surface area contributed by atoms with Gasteiger partial charge in [-0.1, -0.05) is 44.2 Å². The van der Waals surface area contributed by atoms with Crippen molar-refractivity contribution in [2.75, 3.05) is 0 Å². The largest absolute Gasteiger partial charge is 0.454 e. The Morgan fingerprint density at radius 3 is 2.45 bits per heavy atom. The number of pyridine rings is 2. The Bertz CT molecular complexity index is 1370. The monoisotopic (exact) mass is 410 g/mol. The van der Waals surface area contributed by atoms with E-state index in [2.05, 4.69) is 31.0 Å². The Labute approximate surface area is 180 Å². The molecule has 5 rings (SSSR count). The molecule has 5 aromatic rings. The number of aromatic nitrogens is 2. The van der Waals surface area contributed by atoms with E-state index in [1.54, 1.807) is 6.07 Å². The number of nitrogens with zero attached hydrogens (tertiary/aromatic N) is 2. The maximum Gasteiger partial charge on any atom is 0.154 e. The molecule has 3 nitrogen and oxygen atoms in total. The Hall–Kier alpha value is -3.53. The first-order valence-electron chi connectivity index (χ1n) is 10.7. The van der Waals surface area contributed by atoms with E-state index in [1.807, 2.05) is 48.8 Å². The number of benzene rings is 2. The smallest absolute Gasteiger partial charge is 0.154 e. The van der Waals surface area contributed by atoms with Gasteiger partial charge in [-0.05, 0) is 59.7 Å². The summed E-state index contributed by atoms with van der Waals surface area (Å²) >= 11 is 0. The third kappa shape index (κ3) is 3.48. The standard InChI is InChI=1S/C27H23FN2O/c1-3-17(4-2)19-10-11-29-23(12-19)20-13-25-27(30-16-20)26-22(18-8-6-5-7-9-18)14-21(28)15-24(26)31-25/h5-17H,3-4H2,1-2H3. The summed E-state index contributed by atoms with van der Waals surface area (Å²) < 4.78 is 20.4. The van der Waals surface area contributed by atoms with Gasteiger partial charge in [-0.15, -0.1) is 0 Å². The molecule has 0 fully saturated rings. The van der Waals surface area contributed by atoms with E-state index in [0.29, 0.717) is 17.1 Å². The fraction of sp³-hybridized carbons (Fsp3) is 0.185. The zero-order valence-corrected chi connectivity index (χ0v) is 17.6. The Balaban J connectivity index is 1.67. The van der Waals surface area contributed by atoms with Gasteiger partial charge >= 0.3 is 0 Å². The van der Waals surface area contributed by atoms with Crippen LogP contribution in [0.2, 0.25) is 0 Å². The van der Waals surface area contributed by atoms with Crippen LogP contribution in [0.4, 0.5) is 4.39 Å². The lowest BCUT2D eigenvalue weighted by atomic mass is 9.93. The summed E-state index contributed by atoms with van der Waals surface area (Å²) in [6.07, 6.45) is 5.87. The van der Waals surface area contributed by atoms with Crippen molar-refractivity contribution in [3.63, 3.8) is 0 Å². The van der Waals surface area contributed by atoms with Gasteiger partial charge in [-0.3, -0.25) is 9.97 Å². The molecule has 0 atom stereocenters. The van der Waals surface area contributed by atoms with E-state index >= 15 is 0 Å². The number of fused-ring (bicyclic) bond motifs is 3. The zero-order chi connectivity index (χ0) is 21.4. The van der Waals surface area contributed by atoms with Crippen molar-refractivity contribution in [1.82, 2.24) is 9.97 Å². The van der Waals surface area contributed by atoms with Gasteiger partial charge in [0, 0.05) is 24.0 Å². The SMILES string of the molecule is CCC(CC)c1ccnc(-c2cnc3c(c2)oc2cc(F)cc(-c4ccccc4)c23)c1. The molecule has 0 saturated heterocycles. The molecule has 0 aliphatic heterocycles. The summed E-state index contributed by atoms with van der Waals surface area (Å²) in [5.74, 6) is 0.186. The van der Waals surface area contributed by atoms with E-state index < -0.39 is 0 Å². The molecule has 0 unspecified atom stereocenters. The fourth-order valence-corrected chi connectivity index (χ4v) is 4.34. The quantitative estimate of drug-likeness (QED) is 0.297. The first kappa shape index (κ1) is 19.4. The molecule has 0 aliphatic rings. The van der Waals surface area contributed by atoms with Crippen molar-refractivity contribution in [3.8, 4) is 22.4 Å². The second-order valence-corrected chi connectivity index (χ2v) is 7.85. The summed E-state index contributed by atoms with van der Waals surface area (Å²) in [6.45, 7) is 4.42.